The molecule has 1 aromatic heterocycles. The molecule has 1 aliphatic rings. The fourth-order valence-electron chi connectivity index (χ4n) is 3.06. The van der Waals surface area contributed by atoms with Crippen molar-refractivity contribution in [1.82, 2.24) is 4.98 Å². The van der Waals surface area contributed by atoms with Crippen LogP contribution in [0.2, 0.25) is 0 Å². The van der Waals surface area contributed by atoms with Crippen molar-refractivity contribution in [3.8, 4) is 0 Å². The summed E-state index contributed by atoms with van der Waals surface area (Å²) < 4.78 is 88.2. The Balaban J connectivity index is 1.89. The van der Waals surface area contributed by atoms with E-state index in [0.29, 0.717) is 24.4 Å². The van der Waals surface area contributed by atoms with Gasteiger partial charge in [0.2, 0.25) is 9.84 Å². The van der Waals surface area contributed by atoms with E-state index < -0.39 is 32.4 Å². The zero-order valence-corrected chi connectivity index (χ0v) is 15.4. The first-order valence-electron chi connectivity index (χ1n) is 7.99. The molecule has 0 saturated carbocycles. The highest BCUT2D eigenvalue weighted by atomic mass is 32.2. The normalized spacial score (nSPS) is 18.9. The molecule has 1 saturated heterocycles. The maximum absolute atomic E-state index is 13.0. The lowest BCUT2D eigenvalue weighted by Crippen LogP contribution is -2.35. The van der Waals surface area contributed by atoms with Crippen LogP contribution in [0.25, 0.3) is 0 Å². The average Bonchev–Trinajstić information content (AvgIpc) is 3.12. The molecule has 27 heavy (non-hydrogen) atoms. The van der Waals surface area contributed by atoms with Crippen LogP contribution in [0, 0.1) is 0 Å². The second-order valence-electron chi connectivity index (χ2n) is 6.13. The van der Waals surface area contributed by atoms with Crippen molar-refractivity contribution < 1.29 is 30.4 Å². The summed E-state index contributed by atoms with van der Waals surface area (Å²) in [6.07, 6.45) is -3.36. The topological polar surface area (TPSA) is 50.3 Å². The molecule has 2 aromatic rings. The van der Waals surface area contributed by atoms with Crippen LogP contribution in [0.3, 0.4) is 0 Å². The molecule has 0 spiro atoms. The van der Waals surface area contributed by atoms with Crippen molar-refractivity contribution in [1.29, 1.82) is 0 Å². The van der Waals surface area contributed by atoms with E-state index >= 15 is 0 Å². The summed E-state index contributed by atoms with van der Waals surface area (Å²) in [5, 5.41) is 1.25. The lowest BCUT2D eigenvalue weighted by molar-refractivity contribution is -0.140. The van der Waals surface area contributed by atoms with E-state index in [0.717, 1.165) is 22.8 Å². The molecule has 1 fully saturated rings. The van der Waals surface area contributed by atoms with Crippen LogP contribution >= 0.6 is 11.3 Å². The zero-order valence-electron chi connectivity index (χ0n) is 13.8. The van der Waals surface area contributed by atoms with Gasteiger partial charge in [-0.25, -0.2) is 13.4 Å². The maximum Gasteiger partial charge on any atom is 0.434 e. The number of sulfone groups is 1. The number of halogens is 5. The Hall–Kier alpha value is -1.75. The molecule has 1 aliphatic heterocycles. The molecule has 0 radical (unpaired) electrons. The van der Waals surface area contributed by atoms with E-state index in [4.69, 9.17) is 0 Å². The summed E-state index contributed by atoms with van der Waals surface area (Å²) in [5.74, 6) is -3.88. The number of aromatic nitrogens is 1. The van der Waals surface area contributed by atoms with Crippen molar-refractivity contribution in [3.05, 3.63) is 40.3 Å². The summed E-state index contributed by atoms with van der Waals surface area (Å²) in [4.78, 5) is 4.81. The first kappa shape index (κ1) is 20.0. The number of rotatable bonds is 4. The zero-order chi connectivity index (χ0) is 19.8. The van der Waals surface area contributed by atoms with Gasteiger partial charge in [0, 0.05) is 24.4 Å². The number of thiazole rings is 1. The Morgan fingerprint density at radius 2 is 1.93 bits per heavy atom. The Kier molecular flexibility index (Phi) is 5.44. The van der Waals surface area contributed by atoms with Gasteiger partial charge >= 0.3 is 11.9 Å². The quantitative estimate of drug-likeness (QED) is 0.674. The van der Waals surface area contributed by atoms with E-state index in [1.54, 1.807) is 4.90 Å². The number of anilines is 1. The van der Waals surface area contributed by atoms with Gasteiger partial charge in [-0.1, -0.05) is 12.1 Å². The Labute approximate surface area is 156 Å². The summed E-state index contributed by atoms with van der Waals surface area (Å²) >= 11 is 0.899. The number of nitrogens with zero attached hydrogens (tertiary/aromatic N) is 2. The number of piperidine rings is 1. The largest absolute Gasteiger partial charge is 0.434 e. The predicted molar refractivity (Wildman–Crippen MR) is 90.9 cm³/mol. The molecule has 3 rings (SSSR count). The van der Waals surface area contributed by atoms with Gasteiger partial charge in [0.05, 0.1) is 15.6 Å². The lowest BCUT2D eigenvalue weighted by atomic mass is 9.98. The molecule has 0 amide bonds. The van der Waals surface area contributed by atoms with Crippen LogP contribution in [0.4, 0.5) is 27.6 Å². The van der Waals surface area contributed by atoms with E-state index in [1.165, 1.54) is 18.2 Å². The smallest absolute Gasteiger partial charge is 0.370 e. The van der Waals surface area contributed by atoms with Gasteiger partial charge in [0.25, 0.3) is 0 Å². The minimum atomic E-state index is -4.79. The van der Waals surface area contributed by atoms with E-state index in [9.17, 15) is 30.4 Å². The minimum Gasteiger partial charge on any atom is -0.370 e. The third-order valence-corrected chi connectivity index (χ3v) is 6.76. The Morgan fingerprint density at radius 1 is 1.22 bits per heavy atom. The van der Waals surface area contributed by atoms with E-state index in [-0.39, 0.29) is 18.2 Å². The van der Waals surface area contributed by atoms with Gasteiger partial charge in [-0.3, -0.25) is 0 Å². The van der Waals surface area contributed by atoms with Crippen molar-refractivity contribution in [2.24, 2.45) is 0 Å². The Morgan fingerprint density at radius 3 is 2.56 bits per heavy atom. The van der Waals surface area contributed by atoms with Crippen LogP contribution in [0.15, 0.2) is 34.5 Å². The fourth-order valence-corrected chi connectivity index (χ4v) is 4.96. The summed E-state index contributed by atoms with van der Waals surface area (Å²) in [5.41, 5.74) is -0.824. The molecular formula is C16H15F5N2O2S2. The molecule has 1 atom stereocenters. The average molecular weight is 426 g/mol. The number of para-hydroxylation sites is 1. The molecular weight excluding hydrogens is 411 g/mol. The van der Waals surface area contributed by atoms with Crippen LogP contribution in [-0.2, 0) is 16.0 Å². The van der Waals surface area contributed by atoms with Crippen LogP contribution in [-0.4, -0.2) is 32.2 Å². The number of hydrogen-bond acceptors (Lipinski definition) is 5. The van der Waals surface area contributed by atoms with Gasteiger partial charge < -0.3 is 4.90 Å². The van der Waals surface area contributed by atoms with Gasteiger partial charge in [0.1, 0.15) is 0 Å². The highest BCUT2D eigenvalue weighted by molar-refractivity contribution is 7.91. The molecule has 2 heterocycles. The molecule has 0 aliphatic carbocycles. The summed E-state index contributed by atoms with van der Waals surface area (Å²) in [7, 11) is -4.79. The highest BCUT2D eigenvalue weighted by Gasteiger charge is 2.36. The van der Waals surface area contributed by atoms with E-state index in [2.05, 4.69) is 4.98 Å². The van der Waals surface area contributed by atoms with Crippen LogP contribution < -0.4 is 4.90 Å². The first-order chi connectivity index (χ1) is 12.6. The van der Waals surface area contributed by atoms with E-state index in [1.807, 2.05) is 0 Å². The molecule has 0 N–H and O–H groups in total. The third-order valence-electron chi connectivity index (χ3n) is 4.33. The molecule has 1 unspecified atom stereocenters. The SMILES string of the molecule is O=S(=O)(c1ccccc1N1CCCC(c2nc(C(F)(F)F)cs2)C1)C(F)F. The maximum atomic E-state index is 13.0. The predicted octanol–water partition coefficient (Wildman–Crippen LogP) is 4.54. The molecule has 148 valence electrons. The first-order valence-corrected chi connectivity index (χ1v) is 10.4. The van der Waals surface area contributed by atoms with Crippen LogP contribution in [0.1, 0.15) is 29.5 Å². The Bertz CT molecular complexity index is 912. The molecule has 4 nitrogen and oxygen atoms in total. The fraction of sp³-hybridized carbons (Fsp3) is 0.438. The van der Waals surface area contributed by atoms with Crippen LogP contribution in [0.5, 0.6) is 0 Å². The monoisotopic (exact) mass is 426 g/mol. The second-order valence-corrected chi connectivity index (χ2v) is 8.90. The highest BCUT2D eigenvalue weighted by Crippen LogP contribution is 2.37. The van der Waals surface area contributed by atoms with Gasteiger partial charge in [-0.2, -0.15) is 22.0 Å². The number of benzene rings is 1. The van der Waals surface area contributed by atoms with Gasteiger partial charge in [0.15, 0.2) is 5.69 Å². The molecule has 0 bridgehead atoms. The van der Waals surface area contributed by atoms with Crippen molar-refractivity contribution >= 4 is 26.9 Å². The van der Waals surface area contributed by atoms with Gasteiger partial charge in [-0.05, 0) is 25.0 Å². The summed E-state index contributed by atoms with van der Waals surface area (Å²) in [6, 6.07) is 5.44. The van der Waals surface area contributed by atoms with Crippen molar-refractivity contribution in [2.75, 3.05) is 18.0 Å². The lowest BCUT2D eigenvalue weighted by Gasteiger charge is -2.34. The summed E-state index contributed by atoms with van der Waals surface area (Å²) in [6.45, 7) is 0.629. The standard InChI is InChI=1S/C16H15F5N2O2S2/c17-15(18)27(24,25)12-6-2-1-5-11(12)23-7-3-4-10(8-23)14-22-13(9-26-14)16(19,20)21/h1-2,5-6,9-10,15H,3-4,7-8H2. The molecule has 1 aromatic carbocycles. The van der Waals surface area contributed by atoms with Crippen molar-refractivity contribution in [2.45, 2.75) is 35.6 Å². The molecule has 11 heteroatoms. The number of hydrogen-bond donors (Lipinski definition) is 0. The number of alkyl halides is 5. The van der Waals surface area contributed by atoms with Crippen molar-refractivity contribution in [3.63, 3.8) is 0 Å². The third kappa shape index (κ3) is 4.08. The minimum absolute atomic E-state index is 0.134. The second kappa shape index (κ2) is 7.34. The van der Waals surface area contributed by atoms with Gasteiger partial charge in [-0.15, -0.1) is 11.3 Å².